The third-order valence-corrected chi connectivity index (χ3v) is 4.66. The summed E-state index contributed by atoms with van der Waals surface area (Å²) in [6.07, 6.45) is 0. The van der Waals surface area contributed by atoms with Gasteiger partial charge >= 0.3 is 6.01 Å². The van der Waals surface area contributed by atoms with E-state index in [1.54, 1.807) is 66.4 Å². The first-order valence-electron chi connectivity index (χ1n) is 9.99. The van der Waals surface area contributed by atoms with Crippen LogP contribution >= 0.6 is 0 Å². The Balaban J connectivity index is 1.65. The van der Waals surface area contributed by atoms with Gasteiger partial charge in [-0.2, -0.15) is 4.98 Å². The third kappa shape index (κ3) is 4.59. The van der Waals surface area contributed by atoms with E-state index in [9.17, 15) is 9.18 Å². The van der Waals surface area contributed by atoms with Gasteiger partial charge in [0, 0.05) is 16.8 Å². The van der Waals surface area contributed by atoms with Gasteiger partial charge in [-0.15, -0.1) is 5.10 Å². The summed E-state index contributed by atoms with van der Waals surface area (Å²) in [5.74, 6) is 0.575. The number of nitrogens with one attached hydrogen (secondary N) is 1. The Hall–Kier alpha value is -4.20. The minimum absolute atomic E-state index is 0.208. The molecular formula is C24H21FN4O3. The second-order valence-electron chi connectivity index (χ2n) is 6.80. The number of rotatable bonds is 7. The topological polar surface area (TPSA) is 78.3 Å². The molecule has 0 saturated carbocycles. The van der Waals surface area contributed by atoms with Crippen LogP contribution in [0.15, 0.2) is 72.8 Å². The second kappa shape index (κ2) is 9.30. The number of hydrogen-bond acceptors (Lipinski definition) is 5. The van der Waals surface area contributed by atoms with Crippen LogP contribution in [-0.2, 0) is 0 Å². The molecule has 8 heteroatoms. The number of amides is 1. The monoisotopic (exact) mass is 432 g/mol. The van der Waals surface area contributed by atoms with Gasteiger partial charge in [0.2, 0.25) is 0 Å². The molecule has 4 aromatic rings. The predicted octanol–water partition coefficient (Wildman–Crippen LogP) is 4.73. The number of hydrogen-bond donors (Lipinski definition) is 1. The summed E-state index contributed by atoms with van der Waals surface area (Å²) in [5.41, 5.74) is 2.43. The number of halogens is 1. The van der Waals surface area contributed by atoms with Crippen molar-refractivity contribution in [3.8, 4) is 28.8 Å². The molecule has 1 amide bonds. The van der Waals surface area contributed by atoms with E-state index in [0.717, 1.165) is 0 Å². The molecular weight excluding hydrogens is 411 g/mol. The fourth-order valence-corrected chi connectivity index (χ4v) is 3.11. The largest absolute Gasteiger partial charge is 0.497 e. The van der Waals surface area contributed by atoms with Crippen LogP contribution < -0.4 is 14.8 Å². The summed E-state index contributed by atoms with van der Waals surface area (Å²) >= 11 is 0. The molecule has 4 rings (SSSR count). The van der Waals surface area contributed by atoms with Crippen molar-refractivity contribution in [1.29, 1.82) is 0 Å². The molecule has 162 valence electrons. The summed E-state index contributed by atoms with van der Waals surface area (Å²) in [6, 6.07) is 20.2. The number of methoxy groups -OCH3 is 1. The van der Waals surface area contributed by atoms with Gasteiger partial charge in [-0.1, -0.05) is 6.07 Å². The number of ether oxygens (including phenoxy) is 2. The van der Waals surface area contributed by atoms with E-state index in [1.807, 2.05) is 13.0 Å². The molecule has 0 unspecified atom stereocenters. The van der Waals surface area contributed by atoms with Crippen molar-refractivity contribution >= 4 is 11.6 Å². The van der Waals surface area contributed by atoms with Gasteiger partial charge in [0.05, 0.1) is 19.4 Å². The Labute approximate surface area is 184 Å². The molecule has 0 bridgehead atoms. The highest BCUT2D eigenvalue weighted by Crippen LogP contribution is 2.25. The van der Waals surface area contributed by atoms with E-state index in [1.165, 1.54) is 12.1 Å². The fraction of sp³-hybridized carbons (Fsp3) is 0.125. The quantitative estimate of drug-likeness (QED) is 0.457. The summed E-state index contributed by atoms with van der Waals surface area (Å²) in [6.45, 7) is 2.25. The minimum Gasteiger partial charge on any atom is -0.497 e. The van der Waals surface area contributed by atoms with Crippen LogP contribution in [0.5, 0.6) is 11.8 Å². The molecule has 0 aliphatic carbocycles. The average Bonchev–Trinajstić information content (AvgIpc) is 3.24. The zero-order chi connectivity index (χ0) is 22.5. The molecule has 1 N–H and O–H groups in total. The number of benzene rings is 3. The van der Waals surface area contributed by atoms with Gasteiger partial charge in [-0.3, -0.25) is 4.79 Å². The van der Waals surface area contributed by atoms with E-state index in [2.05, 4.69) is 15.4 Å². The Morgan fingerprint density at radius 1 is 1.06 bits per heavy atom. The van der Waals surface area contributed by atoms with Crippen LogP contribution in [-0.4, -0.2) is 34.4 Å². The standard InChI is InChI=1S/C24H21FN4O3/c1-3-32-24-27-22(16-7-11-18(25)12-8-16)29(28-24)20-6-4-5-19(15-20)26-23(30)17-9-13-21(31-2)14-10-17/h4-15H,3H2,1-2H3,(H,26,30). The highest BCUT2D eigenvalue weighted by Gasteiger charge is 2.15. The van der Waals surface area contributed by atoms with Gasteiger partial charge in [-0.25, -0.2) is 9.07 Å². The zero-order valence-electron chi connectivity index (χ0n) is 17.6. The van der Waals surface area contributed by atoms with Gasteiger partial charge in [0.15, 0.2) is 5.82 Å². The molecule has 32 heavy (non-hydrogen) atoms. The Bertz CT molecular complexity index is 1220. The molecule has 0 aliphatic heterocycles. The first-order chi connectivity index (χ1) is 15.6. The maximum atomic E-state index is 13.4. The van der Waals surface area contributed by atoms with Gasteiger partial charge in [0.1, 0.15) is 11.6 Å². The van der Waals surface area contributed by atoms with Crippen molar-refractivity contribution in [1.82, 2.24) is 14.8 Å². The normalized spacial score (nSPS) is 10.6. The van der Waals surface area contributed by atoms with Crippen LogP contribution in [0.1, 0.15) is 17.3 Å². The molecule has 0 aliphatic rings. The maximum Gasteiger partial charge on any atom is 0.336 e. The van der Waals surface area contributed by atoms with Crippen molar-refractivity contribution in [3.63, 3.8) is 0 Å². The zero-order valence-corrected chi connectivity index (χ0v) is 17.6. The summed E-state index contributed by atoms with van der Waals surface area (Å²) in [7, 11) is 1.57. The lowest BCUT2D eigenvalue weighted by Crippen LogP contribution is -2.12. The number of carbonyl (C=O) groups excluding carboxylic acids is 1. The molecule has 3 aromatic carbocycles. The van der Waals surface area contributed by atoms with Crippen molar-refractivity contribution in [2.75, 3.05) is 19.0 Å². The lowest BCUT2D eigenvalue weighted by Gasteiger charge is -2.10. The number of nitrogens with zero attached hydrogens (tertiary/aromatic N) is 3. The van der Waals surface area contributed by atoms with E-state index >= 15 is 0 Å². The first-order valence-corrected chi connectivity index (χ1v) is 9.99. The highest BCUT2D eigenvalue weighted by molar-refractivity contribution is 6.04. The molecule has 7 nitrogen and oxygen atoms in total. The number of carbonyl (C=O) groups is 1. The van der Waals surface area contributed by atoms with E-state index in [0.29, 0.717) is 40.7 Å². The second-order valence-corrected chi connectivity index (χ2v) is 6.80. The van der Waals surface area contributed by atoms with Crippen molar-refractivity contribution < 1.29 is 18.7 Å². The molecule has 0 fully saturated rings. The van der Waals surface area contributed by atoms with Crippen molar-refractivity contribution in [3.05, 3.63) is 84.2 Å². The van der Waals surface area contributed by atoms with Crippen LogP contribution in [0.2, 0.25) is 0 Å². The van der Waals surface area contributed by atoms with E-state index in [-0.39, 0.29) is 17.7 Å². The highest BCUT2D eigenvalue weighted by atomic mass is 19.1. The van der Waals surface area contributed by atoms with Crippen LogP contribution in [0, 0.1) is 5.82 Å². The molecule has 0 saturated heterocycles. The van der Waals surface area contributed by atoms with Gasteiger partial charge < -0.3 is 14.8 Å². The Morgan fingerprint density at radius 2 is 1.81 bits per heavy atom. The molecule has 1 heterocycles. The third-order valence-electron chi connectivity index (χ3n) is 4.66. The average molecular weight is 432 g/mol. The van der Waals surface area contributed by atoms with Crippen molar-refractivity contribution in [2.45, 2.75) is 6.92 Å². The summed E-state index contributed by atoms with van der Waals surface area (Å²) in [4.78, 5) is 17.1. The van der Waals surface area contributed by atoms with Crippen molar-refractivity contribution in [2.24, 2.45) is 0 Å². The lowest BCUT2D eigenvalue weighted by molar-refractivity contribution is 0.102. The SMILES string of the molecule is CCOc1nc(-c2ccc(F)cc2)n(-c2cccc(NC(=O)c3ccc(OC)cc3)c2)n1. The summed E-state index contributed by atoms with van der Waals surface area (Å²) < 4.78 is 25.6. The Morgan fingerprint density at radius 3 is 2.50 bits per heavy atom. The van der Waals surface area contributed by atoms with Gasteiger partial charge in [-0.05, 0) is 73.7 Å². The van der Waals surface area contributed by atoms with Crippen LogP contribution in [0.3, 0.4) is 0 Å². The molecule has 1 aromatic heterocycles. The predicted molar refractivity (Wildman–Crippen MR) is 119 cm³/mol. The van der Waals surface area contributed by atoms with Crippen LogP contribution in [0.25, 0.3) is 17.1 Å². The first kappa shape index (κ1) is 21.0. The van der Waals surface area contributed by atoms with Gasteiger partial charge in [0.25, 0.3) is 5.91 Å². The summed E-state index contributed by atoms with van der Waals surface area (Å²) in [5, 5.41) is 7.31. The number of anilines is 1. The minimum atomic E-state index is -0.340. The Kier molecular flexibility index (Phi) is 6.12. The van der Waals surface area contributed by atoms with Crippen LogP contribution in [0.4, 0.5) is 10.1 Å². The lowest BCUT2D eigenvalue weighted by atomic mass is 10.2. The number of aromatic nitrogens is 3. The fourth-order valence-electron chi connectivity index (χ4n) is 3.11. The molecule has 0 radical (unpaired) electrons. The van der Waals surface area contributed by atoms with E-state index < -0.39 is 0 Å². The molecule has 0 spiro atoms. The maximum absolute atomic E-state index is 13.4. The molecule has 0 atom stereocenters. The van der Waals surface area contributed by atoms with E-state index in [4.69, 9.17) is 9.47 Å². The smallest absolute Gasteiger partial charge is 0.336 e.